The molecule has 0 aliphatic rings. The molecule has 1 amide bonds. The molecular formula is C60H111NO5. The Kier molecular flexibility index (Phi) is 53.6. The first kappa shape index (κ1) is 63.8. The first-order valence-corrected chi connectivity index (χ1v) is 28.9. The molecular weight excluding hydrogens is 815 g/mol. The number of carbonyl (C=O) groups excluding carboxylic acids is 2. The van der Waals surface area contributed by atoms with Gasteiger partial charge in [0.05, 0.1) is 25.4 Å². The molecule has 66 heavy (non-hydrogen) atoms. The summed E-state index contributed by atoms with van der Waals surface area (Å²) in [6.45, 7) is 4.80. The van der Waals surface area contributed by atoms with Crippen molar-refractivity contribution in [2.75, 3.05) is 13.2 Å². The van der Waals surface area contributed by atoms with Gasteiger partial charge in [0.25, 0.3) is 0 Å². The lowest BCUT2D eigenvalue weighted by Crippen LogP contribution is -2.45. The van der Waals surface area contributed by atoms with Gasteiger partial charge in [0, 0.05) is 12.8 Å². The maximum absolute atomic E-state index is 12.5. The van der Waals surface area contributed by atoms with Gasteiger partial charge >= 0.3 is 5.97 Å². The summed E-state index contributed by atoms with van der Waals surface area (Å²) < 4.78 is 5.44. The van der Waals surface area contributed by atoms with Gasteiger partial charge in [-0.2, -0.15) is 0 Å². The second kappa shape index (κ2) is 55.4. The van der Waals surface area contributed by atoms with Crippen molar-refractivity contribution in [3.05, 3.63) is 48.6 Å². The molecule has 0 heterocycles. The molecule has 0 aliphatic heterocycles. The van der Waals surface area contributed by atoms with E-state index in [1.54, 1.807) is 6.08 Å². The van der Waals surface area contributed by atoms with Gasteiger partial charge in [0.2, 0.25) is 5.91 Å². The van der Waals surface area contributed by atoms with Crippen LogP contribution in [0.5, 0.6) is 0 Å². The standard InChI is InChI=1S/C60H111NO5/c1-3-5-7-9-11-13-15-17-19-21-23-24-25-26-28-30-32-36-40-44-48-52-58(63)57(56-62)61-59(64)53-49-45-41-37-34-35-39-43-47-51-55-66-60(65)54-50-46-42-38-33-31-29-27-22-20-18-16-14-12-10-8-6-4-2/h14,16,20,22,35,39,48,52,57-58,62-63H,3-13,15,17-19,21,23-34,36-38,40-47,49-51,53-56H2,1-2H3,(H,61,64)/b16-14-,22-20-,39-35-,52-48+. The number of unbranched alkanes of at least 4 members (excludes halogenated alkanes) is 36. The lowest BCUT2D eigenvalue weighted by atomic mass is 10.0. The van der Waals surface area contributed by atoms with Gasteiger partial charge in [-0.25, -0.2) is 0 Å². The summed E-state index contributed by atoms with van der Waals surface area (Å²) in [7, 11) is 0. The molecule has 0 saturated heterocycles. The van der Waals surface area contributed by atoms with Crippen LogP contribution in [0.25, 0.3) is 0 Å². The Hall–Kier alpha value is -2.18. The van der Waals surface area contributed by atoms with E-state index >= 15 is 0 Å². The first-order chi connectivity index (χ1) is 32.5. The zero-order chi connectivity index (χ0) is 47.9. The smallest absolute Gasteiger partial charge is 0.305 e. The Bertz CT molecular complexity index is 1110. The summed E-state index contributed by atoms with van der Waals surface area (Å²) in [5.41, 5.74) is 0. The van der Waals surface area contributed by atoms with Crippen molar-refractivity contribution < 1.29 is 24.5 Å². The fraction of sp³-hybridized carbons (Fsp3) is 0.833. The number of aliphatic hydroxyl groups excluding tert-OH is 2. The second-order valence-corrected chi connectivity index (χ2v) is 19.6. The monoisotopic (exact) mass is 926 g/mol. The predicted molar refractivity (Wildman–Crippen MR) is 287 cm³/mol. The van der Waals surface area contributed by atoms with Gasteiger partial charge in [-0.1, -0.05) is 242 Å². The molecule has 3 N–H and O–H groups in total. The molecule has 0 spiro atoms. The highest BCUT2D eigenvalue weighted by Crippen LogP contribution is 2.16. The summed E-state index contributed by atoms with van der Waals surface area (Å²) in [6.07, 6.45) is 69.9. The zero-order valence-electron chi connectivity index (χ0n) is 43.9. The number of allylic oxidation sites excluding steroid dienone is 7. The number of hydrogen-bond acceptors (Lipinski definition) is 5. The van der Waals surface area contributed by atoms with Crippen LogP contribution in [0, 0.1) is 0 Å². The van der Waals surface area contributed by atoms with E-state index in [9.17, 15) is 19.8 Å². The molecule has 0 bridgehead atoms. The molecule has 0 aliphatic carbocycles. The Morgan fingerprint density at radius 2 is 0.758 bits per heavy atom. The third kappa shape index (κ3) is 51.2. The van der Waals surface area contributed by atoms with E-state index < -0.39 is 12.1 Å². The number of ether oxygens (including phenoxy) is 1. The summed E-state index contributed by atoms with van der Waals surface area (Å²) >= 11 is 0. The predicted octanol–water partition coefficient (Wildman–Crippen LogP) is 17.8. The van der Waals surface area contributed by atoms with Crippen molar-refractivity contribution in [2.45, 2.75) is 309 Å². The molecule has 2 atom stereocenters. The van der Waals surface area contributed by atoms with E-state index in [1.165, 1.54) is 186 Å². The lowest BCUT2D eigenvalue weighted by molar-refractivity contribution is -0.143. The van der Waals surface area contributed by atoms with E-state index in [0.717, 1.165) is 83.5 Å². The summed E-state index contributed by atoms with van der Waals surface area (Å²) in [4.78, 5) is 24.5. The van der Waals surface area contributed by atoms with Crippen molar-refractivity contribution in [1.82, 2.24) is 5.32 Å². The minimum atomic E-state index is -0.869. The van der Waals surface area contributed by atoms with Crippen LogP contribution >= 0.6 is 0 Å². The molecule has 386 valence electrons. The van der Waals surface area contributed by atoms with Crippen molar-refractivity contribution in [3.8, 4) is 0 Å². The molecule has 0 saturated carbocycles. The molecule has 0 fully saturated rings. The number of hydrogen-bond donors (Lipinski definition) is 3. The number of rotatable bonds is 53. The topological polar surface area (TPSA) is 95.9 Å². The largest absolute Gasteiger partial charge is 0.466 e. The quantitative estimate of drug-likeness (QED) is 0.0321. The number of carbonyl (C=O) groups is 2. The number of aliphatic hydroxyl groups is 2. The van der Waals surface area contributed by atoms with Gasteiger partial charge < -0.3 is 20.3 Å². The maximum Gasteiger partial charge on any atom is 0.305 e. The minimum Gasteiger partial charge on any atom is -0.466 e. The summed E-state index contributed by atoms with van der Waals surface area (Å²) in [5, 5.41) is 23.1. The van der Waals surface area contributed by atoms with Gasteiger partial charge in [0.15, 0.2) is 0 Å². The normalized spacial score (nSPS) is 13.0. The van der Waals surface area contributed by atoms with Crippen LogP contribution in [0.3, 0.4) is 0 Å². The fourth-order valence-corrected chi connectivity index (χ4v) is 8.60. The molecule has 0 rings (SSSR count). The molecule has 2 unspecified atom stereocenters. The SMILES string of the molecule is CCCCCC/C=C\C/C=C\CCCCCCCCCC(=O)OCCCC/C=C\CCCCCCC(=O)NC(CO)C(O)/C=C/CCCCCCCCCCCCCCCCCCCCC. The van der Waals surface area contributed by atoms with Gasteiger partial charge in [-0.05, 0) is 89.9 Å². The van der Waals surface area contributed by atoms with Crippen LogP contribution in [0.4, 0.5) is 0 Å². The summed E-state index contributed by atoms with van der Waals surface area (Å²) in [5.74, 6) is -0.149. The highest BCUT2D eigenvalue weighted by molar-refractivity contribution is 5.76. The van der Waals surface area contributed by atoms with Gasteiger partial charge in [-0.3, -0.25) is 9.59 Å². The second-order valence-electron chi connectivity index (χ2n) is 19.6. The molecule has 0 radical (unpaired) electrons. The van der Waals surface area contributed by atoms with E-state index in [4.69, 9.17) is 4.74 Å². The first-order valence-electron chi connectivity index (χ1n) is 28.9. The van der Waals surface area contributed by atoms with Crippen molar-refractivity contribution >= 4 is 11.9 Å². The van der Waals surface area contributed by atoms with Crippen LogP contribution in [0.1, 0.15) is 296 Å². The molecule has 6 heteroatoms. The highest BCUT2D eigenvalue weighted by atomic mass is 16.5. The van der Waals surface area contributed by atoms with Crippen LogP contribution in [0.2, 0.25) is 0 Å². The van der Waals surface area contributed by atoms with E-state index in [2.05, 4.69) is 55.6 Å². The van der Waals surface area contributed by atoms with Crippen molar-refractivity contribution in [3.63, 3.8) is 0 Å². The van der Waals surface area contributed by atoms with Crippen LogP contribution < -0.4 is 5.32 Å². The Labute approximate surface area is 410 Å². The third-order valence-electron chi connectivity index (χ3n) is 13.1. The van der Waals surface area contributed by atoms with Crippen LogP contribution in [-0.4, -0.2) is 47.4 Å². The van der Waals surface area contributed by atoms with E-state index in [-0.39, 0.29) is 18.5 Å². The molecule has 6 nitrogen and oxygen atoms in total. The van der Waals surface area contributed by atoms with E-state index in [1.807, 2.05) is 6.08 Å². The number of nitrogens with one attached hydrogen (secondary N) is 1. The van der Waals surface area contributed by atoms with Crippen molar-refractivity contribution in [2.24, 2.45) is 0 Å². The van der Waals surface area contributed by atoms with Gasteiger partial charge in [-0.15, -0.1) is 0 Å². The maximum atomic E-state index is 12.5. The third-order valence-corrected chi connectivity index (χ3v) is 13.1. The molecule has 0 aromatic carbocycles. The summed E-state index contributed by atoms with van der Waals surface area (Å²) in [6, 6.07) is -0.656. The van der Waals surface area contributed by atoms with E-state index in [0.29, 0.717) is 19.4 Å². The van der Waals surface area contributed by atoms with Crippen LogP contribution in [-0.2, 0) is 14.3 Å². The average Bonchev–Trinajstić information content (AvgIpc) is 3.32. The minimum absolute atomic E-state index is 0.0458. The Morgan fingerprint density at radius 3 is 1.18 bits per heavy atom. The Morgan fingerprint density at radius 1 is 0.424 bits per heavy atom. The molecule has 0 aromatic heterocycles. The Balaban J connectivity index is 3.56. The number of amides is 1. The van der Waals surface area contributed by atoms with Gasteiger partial charge in [0.1, 0.15) is 0 Å². The van der Waals surface area contributed by atoms with Crippen LogP contribution in [0.15, 0.2) is 48.6 Å². The van der Waals surface area contributed by atoms with Crippen molar-refractivity contribution in [1.29, 1.82) is 0 Å². The zero-order valence-corrected chi connectivity index (χ0v) is 43.9. The highest BCUT2D eigenvalue weighted by Gasteiger charge is 2.18. The lowest BCUT2D eigenvalue weighted by Gasteiger charge is -2.20. The number of esters is 1. The fourth-order valence-electron chi connectivity index (χ4n) is 8.60. The molecule has 0 aromatic rings. The average molecular weight is 927 g/mol.